The third-order valence-electron chi connectivity index (χ3n) is 8.77. The van der Waals surface area contributed by atoms with Crippen LogP contribution in [0.3, 0.4) is 0 Å². The van der Waals surface area contributed by atoms with Crippen molar-refractivity contribution < 1.29 is 19.1 Å². The van der Waals surface area contributed by atoms with Gasteiger partial charge in [-0.1, -0.05) is 147 Å². The summed E-state index contributed by atoms with van der Waals surface area (Å²) in [6, 6.07) is 52.6. The molecule has 298 valence electrons. The number of hydrogen-bond donors (Lipinski definition) is 0. The van der Waals surface area contributed by atoms with Gasteiger partial charge < -0.3 is 9.47 Å². The predicted molar refractivity (Wildman–Crippen MR) is 248 cm³/mol. The SMILES string of the molecule is CC(C)(C)/C=C/Sc1ccc(Sc2ccc(S/C=C/C(=O)Oc3ccc(/C(=C(\c4ccccc4)c4ccc(OC(=O)C(C)(C)C)cc4)c4ccccc4)cc3)cc2)cc1. The van der Waals surface area contributed by atoms with Gasteiger partial charge in [-0.15, -0.1) is 0 Å². The summed E-state index contributed by atoms with van der Waals surface area (Å²) in [5.41, 5.74) is 5.54. The molecule has 6 aromatic carbocycles. The molecule has 0 aromatic heterocycles. The van der Waals surface area contributed by atoms with Crippen LogP contribution in [0.1, 0.15) is 63.8 Å². The fraction of sp³-hybridized carbons (Fsp3) is 0.154. The summed E-state index contributed by atoms with van der Waals surface area (Å²) in [6.45, 7) is 12.1. The third-order valence-corrected chi connectivity index (χ3v) is 11.4. The van der Waals surface area contributed by atoms with Crippen molar-refractivity contribution in [1.82, 2.24) is 0 Å². The molecule has 0 spiro atoms. The molecule has 0 aliphatic carbocycles. The minimum atomic E-state index is -0.616. The third kappa shape index (κ3) is 13.0. The van der Waals surface area contributed by atoms with Crippen LogP contribution in [0.15, 0.2) is 200 Å². The molecular formula is C52H48O4S3. The van der Waals surface area contributed by atoms with E-state index < -0.39 is 11.4 Å². The summed E-state index contributed by atoms with van der Waals surface area (Å²) in [4.78, 5) is 30.0. The molecular weight excluding hydrogens is 785 g/mol. The number of ether oxygens (including phenoxy) is 2. The van der Waals surface area contributed by atoms with Crippen molar-refractivity contribution >= 4 is 58.4 Å². The number of esters is 2. The van der Waals surface area contributed by atoms with Gasteiger partial charge in [-0.2, -0.15) is 0 Å². The molecule has 7 heteroatoms. The van der Waals surface area contributed by atoms with Gasteiger partial charge in [-0.05, 0) is 143 Å². The van der Waals surface area contributed by atoms with Crippen molar-refractivity contribution in [2.24, 2.45) is 10.8 Å². The van der Waals surface area contributed by atoms with Crippen molar-refractivity contribution in [2.45, 2.75) is 61.1 Å². The Kier molecular flexibility index (Phi) is 14.6. The summed E-state index contributed by atoms with van der Waals surface area (Å²) in [7, 11) is 0. The fourth-order valence-electron chi connectivity index (χ4n) is 5.70. The number of carbonyl (C=O) groups excluding carboxylic acids is 2. The van der Waals surface area contributed by atoms with Crippen molar-refractivity contribution in [2.75, 3.05) is 0 Å². The van der Waals surface area contributed by atoms with Crippen LogP contribution in [0, 0.1) is 10.8 Å². The van der Waals surface area contributed by atoms with Crippen LogP contribution >= 0.6 is 35.3 Å². The highest BCUT2D eigenvalue weighted by Gasteiger charge is 2.24. The van der Waals surface area contributed by atoms with E-state index >= 15 is 0 Å². The second-order valence-electron chi connectivity index (χ2n) is 15.8. The number of rotatable bonds is 13. The Bertz CT molecular complexity index is 2400. The average molecular weight is 833 g/mol. The van der Waals surface area contributed by atoms with Gasteiger partial charge in [0.2, 0.25) is 0 Å². The topological polar surface area (TPSA) is 52.6 Å². The Morgan fingerprint density at radius 1 is 0.458 bits per heavy atom. The second kappa shape index (κ2) is 20.0. The monoisotopic (exact) mass is 832 g/mol. The molecule has 0 fully saturated rings. The Morgan fingerprint density at radius 3 is 1.27 bits per heavy atom. The van der Waals surface area contributed by atoms with E-state index in [9.17, 15) is 9.59 Å². The number of carbonyl (C=O) groups is 2. The minimum Gasteiger partial charge on any atom is -0.426 e. The Hall–Kier alpha value is -5.47. The van der Waals surface area contributed by atoms with Crippen molar-refractivity contribution in [3.8, 4) is 11.5 Å². The lowest BCUT2D eigenvalue weighted by atomic mass is 9.86. The zero-order valence-corrected chi connectivity index (χ0v) is 36.6. The molecule has 0 unspecified atom stereocenters. The number of allylic oxidation sites excluding steroid dienone is 1. The predicted octanol–water partition coefficient (Wildman–Crippen LogP) is 14.7. The summed E-state index contributed by atoms with van der Waals surface area (Å²) in [5, 5.41) is 3.91. The second-order valence-corrected chi connectivity index (χ2v) is 18.9. The maximum Gasteiger partial charge on any atom is 0.336 e. The summed E-state index contributed by atoms with van der Waals surface area (Å²) >= 11 is 4.91. The molecule has 6 rings (SSSR count). The molecule has 6 aromatic rings. The minimum absolute atomic E-state index is 0.173. The highest BCUT2D eigenvalue weighted by Crippen LogP contribution is 2.38. The van der Waals surface area contributed by atoms with Gasteiger partial charge in [-0.3, -0.25) is 4.79 Å². The van der Waals surface area contributed by atoms with E-state index in [0.717, 1.165) is 43.2 Å². The Balaban J connectivity index is 1.13. The van der Waals surface area contributed by atoms with Crippen LogP contribution in [-0.4, -0.2) is 11.9 Å². The molecule has 0 bridgehead atoms. The van der Waals surface area contributed by atoms with E-state index in [1.807, 2.05) is 106 Å². The first-order valence-corrected chi connectivity index (χ1v) is 21.9. The molecule has 0 heterocycles. The van der Waals surface area contributed by atoms with Crippen LogP contribution in [-0.2, 0) is 9.59 Å². The molecule has 0 saturated heterocycles. The van der Waals surface area contributed by atoms with Gasteiger partial charge in [0.25, 0.3) is 0 Å². The Labute approximate surface area is 361 Å². The van der Waals surface area contributed by atoms with Crippen LogP contribution in [0.25, 0.3) is 11.1 Å². The summed E-state index contributed by atoms with van der Waals surface area (Å²) in [6.07, 6.45) is 3.67. The smallest absolute Gasteiger partial charge is 0.336 e. The maximum absolute atomic E-state index is 12.9. The van der Waals surface area contributed by atoms with E-state index in [0.29, 0.717) is 11.5 Å². The molecule has 0 atom stereocenters. The van der Waals surface area contributed by atoms with E-state index in [-0.39, 0.29) is 11.4 Å². The van der Waals surface area contributed by atoms with Gasteiger partial charge in [-0.25, -0.2) is 4.79 Å². The fourth-order valence-corrected chi connectivity index (χ4v) is 8.08. The lowest BCUT2D eigenvalue weighted by Crippen LogP contribution is -2.25. The first-order valence-electron chi connectivity index (χ1n) is 19.4. The molecule has 59 heavy (non-hydrogen) atoms. The zero-order chi connectivity index (χ0) is 41.8. The van der Waals surface area contributed by atoms with Crippen molar-refractivity contribution in [3.05, 3.63) is 203 Å². The summed E-state index contributed by atoms with van der Waals surface area (Å²) < 4.78 is 11.4. The van der Waals surface area contributed by atoms with Crippen LogP contribution in [0.4, 0.5) is 0 Å². The summed E-state index contributed by atoms with van der Waals surface area (Å²) in [5.74, 6) is 0.192. The first kappa shape index (κ1) is 43.1. The van der Waals surface area contributed by atoms with Crippen LogP contribution < -0.4 is 9.47 Å². The van der Waals surface area contributed by atoms with E-state index in [4.69, 9.17) is 9.47 Å². The van der Waals surface area contributed by atoms with Crippen molar-refractivity contribution in [1.29, 1.82) is 0 Å². The highest BCUT2D eigenvalue weighted by molar-refractivity contribution is 8.02. The van der Waals surface area contributed by atoms with Crippen LogP contribution in [0.5, 0.6) is 11.5 Å². The quantitative estimate of drug-likeness (QED) is 0.0378. The number of benzene rings is 6. The molecule has 0 aliphatic rings. The molecule has 0 saturated carbocycles. The average Bonchev–Trinajstić information content (AvgIpc) is 3.22. The van der Waals surface area contributed by atoms with E-state index in [2.05, 4.69) is 105 Å². The Morgan fingerprint density at radius 2 is 0.847 bits per heavy atom. The lowest BCUT2D eigenvalue weighted by Gasteiger charge is -2.19. The standard InChI is InChI=1S/C52H48O4S3/c1-51(2,3)34-36-58-44-27-31-46(32-28-44)59-45-29-25-43(26-30-45)57-35-33-47(53)55-41-21-17-39(18-22-41)48(37-13-9-7-10-14-37)49(38-15-11-8-12-16-38)40-19-23-42(24-20-40)56-50(54)52(4,5)6/h7-36H,1-6H3/b35-33+,36-34+,49-48+. The van der Waals surface area contributed by atoms with Crippen molar-refractivity contribution in [3.63, 3.8) is 0 Å². The highest BCUT2D eigenvalue weighted by atomic mass is 32.2. The largest absolute Gasteiger partial charge is 0.426 e. The molecule has 0 amide bonds. The van der Waals surface area contributed by atoms with E-state index in [1.54, 1.807) is 28.9 Å². The van der Waals surface area contributed by atoms with Gasteiger partial charge >= 0.3 is 11.9 Å². The zero-order valence-electron chi connectivity index (χ0n) is 34.2. The lowest BCUT2D eigenvalue weighted by molar-refractivity contribution is -0.143. The molecule has 0 N–H and O–H groups in total. The van der Waals surface area contributed by atoms with Gasteiger partial charge in [0.1, 0.15) is 11.5 Å². The normalized spacial score (nSPS) is 12.4. The number of hydrogen-bond acceptors (Lipinski definition) is 7. The number of thioether (sulfide) groups is 2. The van der Waals surface area contributed by atoms with Crippen LogP contribution in [0.2, 0.25) is 0 Å². The molecule has 0 aliphatic heterocycles. The maximum atomic E-state index is 12.9. The molecule has 4 nitrogen and oxygen atoms in total. The van der Waals surface area contributed by atoms with Gasteiger partial charge in [0.15, 0.2) is 0 Å². The van der Waals surface area contributed by atoms with Gasteiger partial charge in [0, 0.05) is 25.7 Å². The molecule has 0 radical (unpaired) electrons. The van der Waals surface area contributed by atoms with E-state index in [1.165, 1.54) is 27.6 Å². The van der Waals surface area contributed by atoms with Gasteiger partial charge in [0.05, 0.1) is 5.41 Å². The first-order chi connectivity index (χ1) is 28.3.